The molecule has 28 valence electrons. The molecule has 0 saturated heterocycles. The molecule has 0 N–H and O–H groups in total. The summed E-state index contributed by atoms with van der Waals surface area (Å²) in [5.74, 6) is 0. The van der Waals surface area contributed by atoms with Crippen LogP contribution in [0.25, 0.3) is 0 Å². The average molecular weight is 110 g/mol. The van der Waals surface area contributed by atoms with Crippen LogP contribution in [-0.2, 0) is 38.1 Å². The normalized spacial score (nSPS) is 0. The molecule has 0 aliphatic rings. The van der Waals surface area contributed by atoms with Crippen molar-refractivity contribution in [1.29, 1.82) is 0 Å². The Morgan fingerprint density at radius 2 is 0.500 bits per heavy atom. The van der Waals surface area contributed by atoms with Gasteiger partial charge >= 0.3 is 37.7 Å². The van der Waals surface area contributed by atoms with Gasteiger partial charge in [0.25, 0.3) is 0 Å². The van der Waals surface area contributed by atoms with E-state index < -0.39 is 0 Å². The Morgan fingerprint density at radius 1 is 0.500 bits per heavy atom. The van der Waals surface area contributed by atoms with Crippen LogP contribution in [0.5, 0.6) is 0 Å². The molecule has 0 spiro atoms. The van der Waals surface area contributed by atoms with Gasteiger partial charge in [-0.25, -0.2) is 0 Å². The minimum absolute atomic E-state index is 0. The van der Waals surface area contributed by atoms with E-state index in [1.165, 1.54) is 0 Å². The minimum Gasteiger partial charge on any atom is -2.00 e. The van der Waals surface area contributed by atoms with Gasteiger partial charge in [0.15, 0.2) is 0 Å². The van der Waals surface area contributed by atoms with Crippen molar-refractivity contribution in [3.05, 3.63) is 0 Å². The Labute approximate surface area is 75.4 Å². The molecule has 0 atom stereocenters. The van der Waals surface area contributed by atoms with Crippen molar-refractivity contribution in [2.75, 3.05) is 0 Å². The molecule has 0 amide bonds. The van der Waals surface area contributed by atoms with Crippen LogP contribution in [-0.4, -0.2) is 0 Å². The summed E-state index contributed by atoms with van der Waals surface area (Å²) >= 11 is 0. The number of hydrogen-bond acceptors (Lipinski definition) is 0. The fourth-order valence-corrected chi connectivity index (χ4v) is 0. The molecule has 0 aromatic rings. The van der Waals surface area contributed by atoms with Crippen molar-refractivity contribution in [2.24, 2.45) is 0 Å². The van der Waals surface area contributed by atoms with Crippen LogP contribution >= 0.6 is 0 Å². The van der Waals surface area contributed by atoms with Crippen molar-refractivity contribution in [3.8, 4) is 0 Å². The summed E-state index contributed by atoms with van der Waals surface area (Å²) in [4.78, 5) is 0. The van der Waals surface area contributed by atoms with E-state index in [1.54, 1.807) is 0 Å². The van der Waals surface area contributed by atoms with E-state index in [-0.39, 0.29) is 75.9 Å². The number of hydrogen-bond donors (Lipinski definition) is 0. The van der Waals surface area contributed by atoms with E-state index in [0.717, 1.165) is 0 Å². The second-order valence-electron chi connectivity index (χ2n) is 0. The molecule has 0 bridgehead atoms. The first-order valence-corrected chi connectivity index (χ1v) is 0. The molecule has 0 radical (unpaired) electrons. The summed E-state index contributed by atoms with van der Waals surface area (Å²) in [5.41, 5.74) is 0. The van der Waals surface area contributed by atoms with Gasteiger partial charge in [-0.05, 0) is 0 Å². The van der Waals surface area contributed by atoms with E-state index in [4.69, 9.17) is 0 Å². The zero-order valence-electron chi connectivity index (χ0n) is 3.72. The third kappa shape index (κ3) is 41.5. The van der Waals surface area contributed by atoms with Gasteiger partial charge in [-0.15, -0.1) is 0 Å². The average Bonchev–Trinajstić information content (AvgIpc) is 0. The molecule has 0 heterocycles. The van der Waals surface area contributed by atoms with E-state index in [9.17, 15) is 0 Å². The second kappa shape index (κ2) is 71.1. The smallest absolute Gasteiger partial charge is 1.00 e. The van der Waals surface area contributed by atoms with Crippen LogP contribution in [0.2, 0.25) is 0 Å². The van der Waals surface area contributed by atoms with Gasteiger partial charge in [-0.1, -0.05) is 0 Å². The predicted molar refractivity (Wildman–Crippen MR) is 2.06 cm³/mol. The Morgan fingerprint density at radius 3 is 0.500 bits per heavy atom. The van der Waals surface area contributed by atoms with E-state index in [1.807, 2.05) is 0 Å². The van der Waals surface area contributed by atoms with Crippen LogP contribution in [0.3, 0.4) is 0 Å². The van der Waals surface area contributed by atoms with E-state index >= 15 is 0 Å². The Kier molecular flexibility index (Phi) is 1330. The SMILES string of the molecule is [Li+].[Li+].[O-2].[O-2].[O-2].[Ti]. The standard InChI is InChI=1S/2Li.3O.Ti/q2*+1;3*-2;. The maximum Gasteiger partial charge on any atom is 1.00 e. The zero-order chi connectivity index (χ0) is 0. The van der Waals surface area contributed by atoms with E-state index in [0.29, 0.717) is 0 Å². The molecule has 0 rings (SSSR count). The monoisotopic (exact) mass is 110 g/mol. The Bertz CT molecular complexity index is 8.75. The van der Waals surface area contributed by atoms with Crippen molar-refractivity contribution in [2.45, 2.75) is 0 Å². The number of rotatable bonds is 0. The first-order valence-electron chi connectivity index (χ1n) is 0. The summed E-state index contributed by atoms with van der Waals surface area (Å²) < 4.78 is 0. The van der Waals surface area contributed by atoms with E-state index in [2.05, 4.69) is 0 Å². The van der Waals surface area contributed by atoms with Gasteiger partial charge in [0, 0.05) is 21.7 Å². The molecule has 0 unspecified atom stereocenters. The van der Waals surface area contributed by atoms with Gasteiger partial charge < -0.3 is 16.4 Å². The van der Waals surface area contributed by atoms with Crippen molar-refractivity contribution < 1.29 is 75.9 Å². The first kappa shape index (κ1) is 112. The third-order valence-corrected chi connectivity index (χ3v) is 0. The van der Waals surface area contributed by atoms with Gasteiger partial charge in [-0.2, -0.15) is 0 Å². The Hall–Kier alpha value is 1.79. The van der Waals surface area contributed by atoms with Crippen molar-refractivity contribution in [1.82, 2.24) is 0 Å². The molecular weight excluding hydrogens is 110 g/mol. The maximum atomic E-state index is 0. The zero-order valence-corrected chi connectivity index (χ0v) is 5.29. The summed E-state index contributed by atoms with van der Waals surface area (Å²) in [6.45, 7) is 0. The second-order valence-corrected chi connectivity index (χ2v) is 0. The molecule has 0 aliphatic heterocycles. The molecule has 0 aromatic heterocycles. The molecular formula is Li2O3Ti-4. The molecule has 6 heavy (non-hydrogen) atoms. The fraction of sp³-hybridized carbons (Fsp3) is 0. The van der Waals surface area contributed by atoms with Crippen LogP contribution < -0.4 is 37.7 Å². The largest absolute Gasteiger partial charge is 2.00 e. The van der Waals surface area contributed by atoms with Crippen LogP contribution in [0, 0.1) is 0 Å². The molecule has 0 fully saturated rings. The summed E-state index contributed by atoms with van der Waals surface area (Å²) in [6, 6.07) is 0. The summed E-state index contributed by atoms with van der Waals surface area (Å²) in [7, 11) is 0. The van der Waals surface area contributed by atoms with Crippen LogP contribution in [0.4, 0.5) is 0 Å². The predicted octanol–water partition coefficient (Wildman–Crippen LogP) is -6.35. The minimum atomic E-state index is 0. The van der Waals surface area contributed by atoms with Gasteiger partial charge in [-0.3, -0.25) is 0 Å². The Balaban J connectivity index is 0. The molecule has 0 aliphatic carbocycles. The molecule has 0 saturated carbocycles. The van der Waals surface area contributed by atoms with Crippen molar-refractivity contribution >= 4 is 0 Å². The fourth-order valence-electron chi connectivity index (χ4n) is 0. The third-order valence-electron chi connectivity index (χ3n) is 0. The molecule has 3 nitrogen and oxygen atoms in total. The van der Waals surface area contributed by atoms with Crippen LogP contribution in [0.15, 0.2) is 0 Å². The quantitative estimate of drug-likeness (QED) is 0.277. The molecule has 6 heteroatoms. The summed E-state index contributed by atoms with van der Waals surface area (Å²) in [6.07, 6.45) is 0. The molecule has 0 aromatic carbocycles. The first-order chi connectivity index (χ1) is 0. The van der Waals surface area contributed by atoms with Gasteiger partial charge in [0.1, 0.15) is 0 Å². The topological polar surface area (TPSA) is 85.5 Å². The maximum absolute atomic E-state index is 0. The van der Waals surface area contributed by atoms with Crippen molar-refractivity contribution in [3.63, 3.8) is 0 Å². The van der Waals surface area contributed by atoms with Gasteiger partial charge in [0.05, 0.1) is 0 Å². The summed E-state index contributed by atoms with van der Waals surface area (Å²) in [5, 5.41) is 0. The van der Waals surface area contributed by atoms with Crippen LogP contribution in [0.1, 0.15) is 0 Å². The van der Waals surface area contributed by atoms with Gasteiger partial charge in [0.2, 0.25) is 0 Å².